The molecule has 0 saturated heterocycles. The summed E-state index contributed by atoms with van der Waals surface area (Å²) in [6.45, 7) is 6.51. The second-order valence-corrected chi connectivity index (χ2v) is 19.2. The van der Waals surface area contributed by atoms with E-state index in [4.69, 9.17) is 14.2 Å². The van der Waals surface area contributed by atoms with Gasteiger partial charge < -0.3 is 14.2 Å². The van der Waals surface area contributed by atoms with Gasteiger partial charge in [-0.1, -0.05) is 248 Å². The lowest BCUT2D eigenvalue weighted by atomic mass is 10.0. The Morgan fingerprint density at radius 3 is 0.941 bits per heavy atom. The SMILES string of the molecule is CC/C=C\C/C=C\C/C=C\C/C=C\C/C=C\CCCCCCCCCC(=O)OCC(COC(=O)CCCCCCC/C=C\CCCCC)OC(=O)CCCCCCCCCCCCCCCCC. The summed E-state index contributed by atoms with van der Waals surface area (Å²) in [5, 5.41) is 0. The number of esters is 3. The molecule has 0 N–H and O–H groups in total. The molecule has 0 rings (SSSR count). The van der Waals surface area contributed by atoms with Gasteiger partial charge in [0.1, 0.15) is 13.2 Å². The summed E-state index contributed by atoms with van der Waals surface area (Å²) in [5.74, 6) is -0.891. The van der Waals surface area contributed by atoms with E-state index < -0.39 is 6.10 Å². The average molecular weight is 950 g/mol. The third kappa shape index (κ3) is 53.8. The van der Waals surface area contributed by atoms with E-state index in [-0.39, 0.29) is 31.1 Å². The van der Waals surface area contributed by atoms with Crippen LogP contribution in [0, 0.1) is 0 Å². The van der Waals surface area contributed by atoms with Crippen LogP contribution in [0.25, 0.3) is 0 Å². The molecule has 0 aliphatic rings. The van der Waals surface area contributed by atoms with Gasteiger partial charge in [0.2, 0.25) is 0 Å². The fourth-order valence-corrected chi connectivity index (χ4v) is 8.11. The molecule has 0 aliphatic heterocycles. The van der Waals surface area contributed by atoms with Gasteiger partial charge in [-0.2, -0.15) is 0 Å². The third-order valence-electron chi connectivity index (χ3n) is 12.4. The molecule has 0 heterocycles. The van der Waals surface area contributed by atoms with Crippen LogP contribution >= 0.6 is 0 Å². The van der Waals surface area contributed by atoms with Crippen LogP contribution in [0.2, 0.25) is 0 Å². The topological polar surface area (TPSA) is 78.9 Å². The molecular formula is C62H108O6. The number of carbonyl (C=O) groups excluding carboxylic acids is 3. The highest BCUT2D eigenvalue weighted by atomic mass is 16.6. The van der Waals surface area contributed by atoms with Gasteiger partial charge in [0, 0.05) is 19.3 Å². The third-order valence-corrected chi connectivity index (χ3v) is 12.4. The van der Waals surface area contributed by atoms with Crippen molar-refractivity contribution in [1.82, 2.24) is 0 Å². The quantitative estimate of drug-likeness (QED) is 0.0262. The van der Waals surface area contributed by atoms with Gasteiger partial charge in [-0.25, -0.2) is 0 Å². The first-order valence-corrected chi connectivity index (χ1v) is 28.9. The molecule has 0 saturated carbocycles. The molecule has 0 aromatic carbocycles. The minimum absolute atomic E-state index is 0.0810. The van der Waals surface area contributed by atoms with Crippen LogP contribution < -0.4 is 0 Å². The maximum Gasteiger partial charge on any atom is 0.306 e. The molecule has 6 heteroatoms. The maximum absolute atomic E-state index is 12.8. The number of rotatable bonds is 52. The molecule has 0 aliphatic carbocycles. The van der Waals surface area contributed by atoms with Gasteiger partial charge >= 0.3 is 17.9 Å². The molecule has 0 radical (unpaired) electrons. The zero-order chi connectivity index (χ0) is 49.3. The number of hydrogen-bond acceptors (Lipinski definition) is 6. The Balaban J connectivity index is 4.33. The van der Waals surface area contributed by atoms with Crippen molar-refractivity contribution in [2.24, 2.45) is 0 Å². The van der Waals surface area contributed by atoms with Gasteiger partial charge in [-0.15, -0.1) is 0 Å². The first-order valence-electron chi connectivity index (χ1n) is 28.9. The van der Waals surface area contributed by atoms with Crippen LogP contribution in [-0.4, -0.2) is 37.2 Å². The highest BCUT2D eigenvalue weighted by Crippen LogP contribution is 2.16. The summed E-state index contributed by atoms with van der Waals surface area (Å²) in [6.07, 6.45) is 71.7. The maximum atomic E-state index is 12.8. The van der Waals surface area contributed by atoms with Crippen molar-refractivity contribution in [2.75, 3.05) is 13.2 Å². The van der Waals surface area contributed by atoms with Crippen molar-refractivity contribution in [3.05, 3.63) is 72.9 Å². The summed E-state index contributed by atoms with van der Waals surface area (Å²) in [7, 11) is 0. The second-order valence-electron chi connectivity index (χ2n) is 19.2. The van der Waals surface area contributed by atoms with Crippen LogP contribution in [0.5, 0.6) is 0 Å². The van der Waals surface area contributed by atoms with E-state index in [1.807, 2.05) is 0 Å². The molecule has 68 heavy (non-hydrogen) atoms. The molecule has 0 spiro atoms. The number of allylic oxidation sites excluding steroid dienone is 12. The van der Waals surface area contributed by atoms with E-state index in [1.54, 1.807) is 0 Å². The van der Waals surface area contributed by atoms with Crippen LogP contribution in [-0.2, 0) is 28.6 Å². The molecule has 0 amide bonds. The standard InChI is InChI=1S/C62H108O6/c1-4-7-10-13-16-19-22-25-27-28-29-30-31-32-33-34-36-37-40-43-46-49-52-55-61(64)67-58-59(57-66-60(63)54-51-48-45-42-39-24-21-18-15-12-9-6-3)68-62(65)56-53-50-47-44-41-38-35-26-23-20-17-14-11-8-5-2/h7,10,16,18-19,21,25,27,29-30,32-33,59H,4-6,8-9,11-15,17,20,22-24,26,28,31,34-58H2,1-3H3/b10-7-,19-16-,21-18-,27-25-,30-29-,33-32-. The predicted octanol–water partition coefficient (Wildman–Crippen LogP) is 19.4. The number of hydrogen-bond donors (Lipinski definition) is 0. The van der Waals surface area contributed by atoms with Gasteiger partial charge in [0.25, 0.3) is 0 Å². The monoisotopic (exact) mass is 949 g/mol. The fraction of sp³-hybridized carbons (Fsp3) is 0.758. The van der Waals surface area contributed by atoms with Crippen molar-refractivity contribution in [2.45, 2.75) is 290 Å². The second kappa shape index (κ2) is 56.4. The van der Waals surface area contributed by atoms with Crippen molar-refractivity contribution in [3.8, 4) is 0 Å². The Morgan fingerprint density at radius 2 is 0.574 bits per heavy atom. The Morgan fingerprint density at radius 1 is 0.309 bits per heavy atom. The first-order chi connectivity index (χ1) is 33.5. The molecule has 392 valence electrons. The highest BCUT2D eigenvalue weighted by Gasteiger charge is 2.19. The average Bonchev–Trinajstić information content (AvgIpc) is 3.34. The molecule has 0 fully saturated rings. The Hall–Kier alpha value is -3.15. The summed E-state index contributed by atoms with van der Waals surface area (Å²) in [6, 6.07) is 0. The Bertz CT molecular complexity index is 1270. The summed E-state index contributed by atoms with van der Waals surface area (Å²) < 4.78 is 16.9. The van der Waals surface area contributed by atoms with Gasteiger partial charge in [-0.05, 0) is 89.9 Å². The number of unbranched alkanes of at least 4 members (excludes halogenated alkanes) is 29. The Labute approximate surface area is 421 Å². The van der Waals surface area contributed by atoms with E-state index in [9.17, 15) is 14.4 Å². The largest absolute Gasteiger partial charge is 0.462 e. The van der Waals surface area contributed by atoms with Crippen LogP contribution in [0.4, 0.5) is 0 Å². The lowest BCUT2D eigenvalue weighted by molar-refractivity contribution is -0.167. The minimum Gasteiger partial charge on any atom is -0.462 e. The molecular weight excluding hydrogens is 841 g/mol. The van der Waals surface area contributed by atoms with E-state index in [0.717, 1.165) is 103 Å². The van der Waals surface area contributed by atoms with Crippen LogP contribution in [0.1, 0.15) is 284 Å². The van der Waals surface area contributed by atoms with Crippen molar-refractivity contribution >= 4 is 17.9 Å². The van der Waals surface area contributed by atoms with E-state index >= 15 is 0 Å². The van der Waals surface area contributed by atoms with E-state index in [2.05, 4.69) is 93.7 Å². The predicted molar refractivity (Wildman–Crippen MR) is 293 cm³/mol. The fourth-order valence-electron chi connectivity index (χ4n) is 8.11. The molecule has 0 aromatic heterocycles. The molecule has 0 aromatic rings. The lowest BCUT2D eigenvalue weighted by Gasteiger charge is -2.18. The first kappa shape index (κ1) is 64.8. The molecule has 1 atom stereocenters. The van der Waals surface area contributed by atoms with Crippen LogP contribution in [0.15, 0.2) is 72.9 Å². The zero-order valence-corrected chi connectivity index (χ0v) is 44.9. The lowest BCUT2D eigenvalue weighted by Crippen LogP contribution is -2.30. The van der Waals surface area contributed by atoms with Crippen molar-refractivity contribution in [1.29, 1.82) is 0 Å². The van der Waals surface area contributed by atoms with E-state index in [0.29, 0.717) is 19.3 Å². The molecule has 1 unspecified atom stereocenters. The molecule has 0 bridgehead atoms. The van der Waals surface area contributed by atoms with Crippen LogP contribution in [0.3, 0.4) is 0 Å². The minimum atomic E-state index is -0.781. The number of ether oxygens (including phenoxy) is 3. The summed E-state index contributed by atoms with van der Waals surface area (Å²) in [5.41, 5.74) is 0. The highest BCUT2D eigenvalue weighted by molar-refractivity contribution is 5.71. The molecule has 6 nitrogen and oxygen atoms in total. The Kier molecular flexibility index (Phi) is 53.8. The van der Waals surface area contributed by atoms with Crippen molar-refractivity contribution < 1.29 is 28.6 Å². The summed E-state index contributed by atoms with van der Waals surface area (Å²) >= 11 is 0. The van der Waals surface area contributed by atoms with Gasteiger partial charge in [0.05, 0.1) is 0 Å². The van der Waals surface area contributed by atoms with E-state index in [1.165, 1.54) is 141 Å². The smallest absolute Gasteiger partial charge is 0.306 e. The zero-order valence-electron chi connectivity index (χ0n) is 44.9. The number of carbonyl (C=O) groups is 3. The van der Waals surface area contributed by atoms with Gasteiger partial charge in [0.15, 0.2) is 6.10 Å². The normalized spacial score (nSPS) is 12.6. The summed E-state index contributed by atoms with van der Waals surface area (Å²) in [4.78, 5) is 38.1. The van der Waals surface area contributed by atoms with Crippen molar-refractivity contribution in [3.63, 3.8) is 0 Å². The van der Waals surface area contributed by atoms with Gasteiger partial charge in [-0.3, -0.25) is 14.4 Å².